The highest BCUT2D eigenvalue weighted by molar-refractivity contribution is 7.99. The Kier molecular flexibility index (Phi) is 5.16. The molecule has 158 valence electrons. The van der Waals surface area contributed by atoms with Crippen molar-refractivity contribution < 1.29 is 0 Å². The zero-order valence-corrected chi connectivity index (χ0v) is 18.7. The summed E-state index contributed by atoms with van der Waals surface area (Å²) in [7, 11) is 0. The third-order valence-corrected chi connectivity index (χ3v) is 8.30. The molecule has 6 nitrogen and oxygen atoms in total. The van der Waals surface area contributed by atoms with Gasteiger partial charge in [0.1, 0.15) is 10.2 Å². The second-order valence-corrected chi connectivity index (χ2v) is 10.1. The van der Waals surface area contributed by atoms with Gasteiger partial charge in [0.15, 0.2) is 11.6 Å². The molecule has 2 fully saturated rings. The van der Waals surface area contributed by atoms with E-state index in [0.29, 0.717) is 16.0 Å². The van der Waals surface area contributed by atoms with Crippen molar-refractivity contribution in [2.75, 3.05) is 23.7 Å². The molecule has 0 aromatic carbocycles. The summed E-state index contributed by atoms with van der Waals surface area (Å²) in [4.78, 5) is 16.7. The average Bonchev–Trinajstić information content (AvgIpc) is 3.53. The number of hydrogen-bond donors (Lipinski definition) is 2. The van der Waals surface area contributed by atoms with Gasteiger partial charge < -0.3 is 16.4 Å². The molecular weight excluding hydrogens is 416 g/mol. The number of nitrogens with two attached hydrogens (primary N) is 2. The molecule has 2 aliphatic carbocycles. The quantitative estimate of drug-likeness (QED) is 0.540. The predicted molar refractivity (Wildman–Crippen MR) is 122 cm³/mol. The third kappa shape index (κ3) is 3.57. The Bertz CT molecular complexity index is 997. The van der Waals surface area contributed by atoms with Crippen molar-refractivity contribution in [2.45, 2.75) is 55.0 Å². The summed E-state index contributed by atoms with van der Waals surface area (Å²) >= 11 is 7.58. The zero-order chi connectivity index (χ0) is 20.9. The van der Waals surface area contributed by atoms with Crippen molar-refractivity contribution in [3.05, 3.63) is 40.8 Å². The number of nitrogen functional groups attached to an aromatic ring is 1. The molecule has 30 heavy (non-hydrogen) atoms. The molecule has 3 aliphatic rings. The van der Waals surface area contributed by atoms with Gasteiger partial charge in [0.2, 0.25) is 0 Å². The first-order valence-corrected chi connectivity index (χ1v) is 11.8. The van der Waals surface area contributed by atoms with Gasteiger partial charge in [-0.15, -0.1) is 0 Å². The van der Waals surface area contributed by atoms with Crippen molar-refractivity contribution in [2.24, 2.45) is 17.1 Å². The lowest BCUT2D eigenvalue weighted by molar-refractivity contribution is 0.203. The molecule has 1 saturated heterocycles. The Hall–Kier alpha value is -1.83. The van der Waals surface area contributed by atoms with Gasteiger partial charge in [-0.1, -0.05) is 35.0 Å². The first kappa shape index (κ1) is 20.1. The summed E-state index contributed by atoms with van der Waals surface area (Å²) in [6.07, 6.45) is 10.1. The molecule has 1 aliphatic heterocycles. The Morgan fingerprint density at radius 1 is 1.23 bits per heavy atom. The molecule has 5 rings (SSSR count). The van der Waals surface area contributed by atoms with Crippen molar-refractivity contribution in [1.82, 2.24) is 15.0 Å². The summed E-state index contributed by atoms with van der Waals surface area (Å²) < 4.78 is 0. The van der Waals surface area contributed by atoms with Crippen LogP contribution in [0.25, 0.3) is 0 Å². The Balaban J connectivity index is 1.30. The van der Waals surface area contributed by atoms with Crippen LogP contribution < -0.4 is 16.4 Å². The van der Waals surface area contributed by atoms with E-state index in [1.54, 1.807) is 6.20 Å². The second kappa shape index (κ2) is 7.70. The van der Waals surface area contributed by atoms with Crippen LogP contribution in [-0.2, 0) is 0 Å². The molecule has 1 spiro atoms. The minimum Gasteiger partial charge on any atom is -0.381 e. The van der Waals surface area contributed by atoms with Gasteiger partial charge in [-0.05, 0) is 62.5 Å². The Morgan fingerprint density at radius 2 is 2.00 bits per heavy atom. The normalized spacial score (nSPS) is 23.1. The summed E-state index contributed by atoms with van der Waals surface area (Å²) in [5, 5.41) is 1.11. The average molecular weight is 443 g/mol. The van der Waals surface area contributed by atoms with E-state index in [9.17, 15) is 0 Å². The van der Waals surface area contributed by atoms with Gasteiger partial charge >= 0.3 is 0 Å². The molecule has 4 N–H and O–H groups in total. The van der Waals surface area contributed by atoms with Crippen LogP contribution in [-0.4, -0.2) is 34.1 Å². The molecule has 1 atom stereocenters. The summed E-state index contributed by atoms with van der Waals surface area (Å²) in [5.41, 5.74) is 15.6. The standard InChI is InChI=1S/C22H27ClN6S/c1-13-20(28-19(25)21(27-13)30-16-3-2-10-26-18(16)23)29-11-8-22(9-12-29)7-6-15(17(22)24)14-4-5-14/h2-3,6,10,14,17H,4-5,7-9,11-12,24H2,1H3,(H2,25,28)/t17-/m1/s1. The minimum absolute atomic E-state index is 0.229. The molecule has 0 amide bonds. The molecule has 0 unspecified atom stereocenters. The number of nitrogens with zero attached hydrogens (tertiary/aromatic N) is 4. The number of allylic oxidation sites excluding steroid dienone is 1. The van der Waals surface area contributed by atoms with E-state index in [0.717, 1.165) is 54.7 Å². The molecule has 8 heteroatoms. The van der Waals surface area contributed by atoms with E-state index in [2.05, 4.69) is 16.0 Å². The van der Waals surface area contributed by atoms with E-state index in [1.165, 1.54) is 30.2 Å². The third-order valence-electron chi connectivity index (χ3n) is 6.84. The molecule has 0 radical (unpaired) electrons. The second-order valence-electron chi connectivity index (χ2n) is 8.73. The summed E-state index contributed by atoms with van der Waals surface area (Å²) in [5.74, 6) is 2.07. The van der Waals surface area contributed by atoms with Crippen molar-refractivity contribution in [1.29, 1.82) is 0 Å². The van der Waals surface area contributed by atoms with Crippen LogP contribution in [0.2, 0.25) is 5.15 Å². The van der Waals surface area contributed by atoms with Gasteiger partial charge in [0.05, 0.1) is 10.6 Å². The number of anilines is 2. The largest absolute Gasteiger partial charge is 0.381 e. The van der Waals surface area contributed by atoms with Gasteiger partial charge in [0.25, 0.3) is 0 Å². The highest BCUT2D eigenvalue weighted by Gasteiger charge is 2.47. The van der Waals surface area contributed by atoms with Crippen LogP contribution in [0.15, 0.2) is 39.9 Å². The van der Waals surface area contributed by atoms with Crippen LogP contribution in [0, 0.1) is 18.3 Å². The molecule has 2 aromatic rings. The lowest BCUT2D eigenvalue weighted by Gasteiger charge is -2.43. The van der Waals surface area contributed by atoms with E-state index >= 15 is 0 Å². The smallest absolute Gasteiger partial charge is 0.158 e. The van der Waals surface area contributed by atoms with Crippen molar-refractivity contribution in [3.63, 3.8) is 0 Å². The fourth-order valence-electron chi connectivity index (χ4n) is 4.87. The molecular formula is C22H27ClN6S. The van der Waals surface area contributed by atoms with Crippen LogP contribution in [0.5, 0.6) is 0 Å². The van der Waals surface area contributed by atoms with Crippen LogP contribution in [0.1, 0.15) is 37.8 Å². The van der Waals surface area contributed by atoms with Crippen LogP contribution in [0.4, 0.5) is 11.6 Å². The lowest BCUT2D eigenvalue weighted by Crippen LogP contribution is -2.48. The van der Waals surface area contributed by atoms with E-state index in [1.807, 2.05) is 19.1 Å². The highest BCUT2D eigenvalue weighted by atomic mass is 35.5. The minimum atomic E-state index is 0.229. The number of halogens is 1. The number of aryl methyl sites for hydroxylation is 1. The Labute approximate surface area is 186 Å². The maximum absolute atomic E-state index is 6.72. The summed E-state index contributed by atoms with van der Waals surface area (Å²) in [6.45, 7) is 3.87. The van der Waals surface area contributed by atoms with Gasteiger partial charge in [-0.2, -0.15) is 0 Å². The predicted octanol–water partition coefficient (Wildman–Crippen LogP) is 4.22. The maximum Gasteiger partial charge on any atom is 0.158 e. The summed E-state index contributed by atoms with van der Waals surface area (Å²) in [6, 6.07) is 3.98. The fourth-order valence-corrected chi connectivity index (χ4v) is 5.93. The number of piperidine rings is 1. The zero-order valence-electron chi connectivity index (χ0n) is 17.1. The molecule has 2 aromatic heterocycles. The topological polar surface area (TPSA) is 93.9 Å². The number of pyridine rings is 1. The first-order valence-electron chi connectivity index (χ1n) is 10.6. The number of aromatic nitrogens is 3. The number of rotatable bonds is 4. The van der Waals surface area contributed by atoms with Crippen LogP contribution >= 0.6 is 23.4 Å². The van der Waals surface area contributed by atoms with Gasteiger partial charge in [-0.25, -0.2) is 15.0 Å². The molecule has 0 bridgehead atoms. The van der Waals surface area contributed by atoms with Gasteiger partial charge in [0, 0.05) is 25.3 Å². The van der Waals surface area contributed by atoms with E-state index < -0.39 is 0 Å². The van der Waals surface area contributed by atoms with Crippen molar-refractivity contribution >= 4 is 35.0 Å². The van der Waals surface area contributed by atoms with Crippen LogP contribution in [0.3, 0.4) is 0 Å². The van der Waals surface area contributed by atoms with Gasteiger partial charge in [-0.3, -0.25) is 0 Å². The molecule has 1 saturated carbocycles. The maximum atomic E-state index is 6.72. The highest BCUT2D eigenvalue weighted by Crippen LogP contribution is 2.51. The lowest BCUT2D eigenvalue weighted by atomic mass is 9.72. The monoisotopic (exact) mass is 442 g/mol. The van der Waals surface area contributed by atoms with E-state index in [-0.39, 0.29) is 11.5 Å². The fraction of sp³-hybridized carbons (Fsp3) is 0.500. The van der Waals surface area contributed by atoms with Crippen molar-refractivity contribution in [3.8, 4) is 0 Å². The number of hydrogen-bond acceptors (Lipinski definition) is 7. The molecule has 3 heterocycles. The SMILES string of the molecule is Cc1nc(Sc2cccnc2Cl)c(N)nc1N1CCC2(CC=C(C3CC3)[C@H]2N)CC1. The Morgan fingerprint density at radius 3 is 2.70 bits per heavy atom. The van der Waals surface area contributed by atoms with E-state index in [4.69, 9.17) is 33.0 Å². The first-order chi connectivity index (χ1) is 14.5.